The molecule has 2 rings (SSSR count). The first-order valence-corrected chi connectivity index (χ1v) is 9.33. The van der Waals surface area contributed by atoms with Gasteiger partial charge in [0.1, 0.15) is 0 Å². The van der Waals surface area contributed by atoms with Crippen molar-refractivity contribution < 1.29 is 18.9 Å². The van der Waals surface area contributed by atoms with E-state index in [1.807, 2.05) is 25.1 Å². The number of rotatable bonds is 10. The molecular formula is C20H26BrNO4. The second kappa shape index (κ2) is 10.3. The minimum Gasteiger partial charge on any atom is -0.493 e. The third-order valence-corrected chi connectivity index (χ3v) is 4.53. The van der Waals surface area contributed by atoms with E-state index in [-0.39, 0.29) is 0 Å². The van der Waals surface area contributed by atoms with E-state index >= 15 is 0 Å². The van der Waals surface area contributed by atoms with Gasteiger partial charge >= 0.3 is 0 Å². The fourth-order valence-corrected chi connectivity index (χ4v) is 3.27. The summed E-state index contributed by atoms with van der Waals surface area (Å²) in [7, 11) is 4.94. The molecular weight excluding hydrogens is 398 g/mol. The van der Waals surface area contributed by atoms with Crippen LogP contribution in [0, 0.1) is 0 Å². The summed E-state index contributed by atoms with van der Waals surface area (Å²) in [5.74, 6) is 2.97. The summed E-state index contributed by atoms with van der Waals surface area (Å²) in [6, 6.07) is 10.1. The number of hydrogen-bond donors (Lipinski definition) is 1. The Hall–Kier alpha value is -1.92. The molecule has 0 aromatic heterocycles. The molecule has 0 amide bonds. The summed E-state index contributed by atoms with van der Waals surface area (Å²) in [4.78, 5) is 0. The largest absolute Gasteiger partial charge is 0.493 e. The molecule has 0 aliphatic rings. The van der Waals surface area contributed by atoms with Gasteiger partial charge in [-0.2, -0.15) is 0 Å². The molecule has 0 fully saturated rings. The third-order valence-electron chi connectivity index (χ3n) is 3.95. The highest BCUT2D eigenvalue weighted by Crippen LogP contribution is 2.36. The molecule has 0 aliphatic carbocycles. The molecule has 2 aromatic carbocycles. The van der Waals surface area contributed by atoms with Crippen LogP contribution in [0.5, 0.6) is 23.0 Å². The molecule has 6 heteroatoms. The quantitative estimate of drug-likeness (QED) is 0.580. The zero-order valence-corrected chi connectivity index (χ0v) is 17.3. The van der Waals surface area contributed by atoms with Crippen LogP contribution < -0.4 is 24.3 Å². The molecule has 1 N–H and O–H groups in total. The molecule has 0 radical (unpaired) electrons. The van der Waals surface area contributed by atoms with E-state index in [9.17, 15) is 0 Å². The second-order valence-electron chi connectivity index (χ2n) is 5.66. The van der Waals surface area contributed by atoms with E-state index < -0.39 is 0 Å². The van der Waals surface area contributed by atoms with Crippen LogP contribution in [0.25, 0.3) is 0 Å². The lowest BCUT2D eigenvalue weighted by Crippen LogP contribution is -2.17. The van der Waals surface area contributed by atoms with Gasteiger partial charge in [0.15, 0.2) is 23.0 Å². The zero-order chi connectivity index (χ0) is 18.9. The molecule has 0 spiro atoms. The Morgan fingerprint density at radius 1 is 0.885 bits per heavy atom. The first-order valence-electron chi connectivity index (χ1n) is 8.53. The highest BCUT2D eigenvalue weighted by Gasteiger charge is 2.11. The average molecular weight is 424 g/mol. The van der Waals surface area contributed by atoms with Crippen molar-refractivity contribution in [3.63, 3.8) is 0 Å². The van der Waals surface area contributed by atoms with Crippen LogP contribution in [0.4, 0.5) is 0 Å². The highest BCUT2D eigenvalue weighted by atomic mass is 79.9. The Bertz CT molecular complexity index is 721. The Morgan fingerprint density at radius 3 is 2.23 bits per heavy atom. The second-order valence-corrected chi connectivity index (χ2v) is 6.51. The summed E-state index contributed by atoms with van der Waals surface area (Å²) in [5.41, 5.74) is 2.32. The number of methoxy groups -OCH3 is 3. The highest BCUT2D eigenvalue weighted by molar-refractivity contribution is 9.10. The number of ether oxygens (including phenoxy) is 4. The van der Waals surface area contributed by atoms with E-state index in [4.69, 9.17) is 18.9 Å². The maximum absolute atomic E-state index is 5.62. The predicted molar refractivity (Wildman–Crippen MR) is 107 cm³/mol. The lowest BCUT2D eigenvalue weighted by Gasteiger charge is -2.14. The van der Waals surface area contributed by atoms with Gasteiger partial charge in [-0.25, -0.2) is 0 Å². The fourth-order valence-electron chi connectivity index (χ4n) is 2.66. The fraction of sp³-hybridized carbons (Fsp3) is 0.400. The first-order chi connectivity index (χ1) is 12.6. The lowest BCUT2D eigenvalue weighted by atomic mass is 10.1. The lowest BCUT2D eigenvalue weighted by molar-refractivity contribution is 0.308. The molecule has 0 unspecified atom stereocenters. The van der Waals surface area contributed by atoms with Crippen molar-refractivity contribution in [2.24, 2.45) is 0 Å². The zero-order valence-electron chi connectivity index (χ0n) is 15.7. The van der Waals surface area contributed by atoms with Gasteiger partial charge in [-0.3, -0.25) is 0 Å². The first kappa shape index (κ1) is 20.4. The van der Waals surface area contributed by atoms with Gasteiger partial charge in [0.2, 0.25) is 0 Å². The van der Waals surface area contributed by atoms with Crippen LogP contribution in [0.1, 0.15) is 18.1 Å². The average Bonchev–Trinajstić information content (AvgIpc) is 2.66. The van der Waals surface area contributed by atoms with E-state index in [2.05, 4.69) is 33.4 Å². The molecule has 142 valence electrons. The standard InChI is InChI=1S/C20H26BrNO4/c1-5-26-20-16(21)10-15(12-19(20)25-4)13-22-9-8-14-6-7-17(23-2)18(11-14)24-3/h6-7,10-12,22H,5,8-9,13H2,1-4H3. The number of nitrogens with one attached hydrogen (secondary N) is 1. The summed E-state index contributed by atoms with van der Waals surface area (Å²) >= 11 is 3.56. The summed E-state index contributed by atoms with van der Waals surface area (Å²) in [6.07, 6.45) is 0.899. The third kappa shape index (κ3) is 5.29. The maximum Gasteiger partial charge on any atom is 0.175 e. The molecule has 0 saturated carbocycles. The van der Waals surface area contributed by atoms with E-state index in [0.29, 0.717) is 6.61 Å². The smallest absolute Gasteiger partial charge is 0.175 e. The SMILES string of the molecule is CCOc1c(Br)cc(CNCCc2ccc(OC)c(OC)c2)cc1OC. The number of hydrogen-bond acceptors (Lipinski definition) is 5. The Labute approximate surface area is 163 Å². The Balaban J connectivity index is 1.93. The van der Waals surface area contributed by atoms with Gasteiger partial charge in [0, 0.05) is 6.54 Å². The van der Waals surface area contributed by atoms with E-state index in [1.54, 1.807) is 21.3 Å². The molecule has 0 heterocycles. The van der Waals surface area contributed by atoms with Gasteiger partial charge in [0.05, 0.1) is 32.4 Å². The normalized spacial score (nSPS) is 10.5. The molecule has 0 atom stereocenters. The number of halogens is 1. The molecule has 0 bridgehead atoms. The maximum atomic E-state index is 5.62. The van der Waals surface area contributed by atoms with Crippen molar-refractivity contribution in [2.75, 3.05) is 34.5 Å². The molecule has 0 saturated heterocycles. The summed E-state index contributed by atoms with van der Waals surface area (Å²) in [6.45, 7) is 4.14. The predicted octanol–water partition coefficient (Wildman–Crippen LogP) is 4.21. The van der Waals surface area contributed by atoms with Crippen molar-refractivity contribution >= 4 is 15.9 Å². The number of benzene rings is 2. The van der Waals surface area contributed by atoms with Crippen LogP contribution in [0.2, 0.25) is 0 Å². The van der Waals surface area contributed by atoms with Crippen molar-refractivity contribution in [1.29, 1.82) is 0 Å². The van der Waals surface area contributed by atoms with Gasteiger partial charge in [-0.05, 0) is 71.2 Å². The van der Waals surface area contributed by atoms with Gasteiger partial charge in [0.25, 0.3) is 0 Å². The van der Waals surface area contributed by atoms with Gasteiger partial charge in [-0.15, -0.1) is 0 Å². The minimum atomic E-state index is 0.595. The van der Waals surface area contributed by atoms with E-state index in [1.165, 1.54) is 5.56 Å². The van der Waals surface area contributed by atoms with Crippen LogP contribution in [-0.2, 0) is 13.0 Å². The summed E-state index contributed by atoms with van der Waals surface area (Å²) in [5, 5.41) is 3.46. The van der Waals surface area contributed by atoms with Gasteiger partial charge in [-0.1, -0.05) is 6.07 Å². The Morgan fingerprint density at radius 2 is 1.58 bits per heavy atom. The molecule has 26 heavy (non-hydrogen) atoms. The van der Waals surface area contributed by atoms with E-state index in [0.717, 1.165) is 52.5 Å². The van der Waals surface area contributed by atoms with Crippen molar-refractivity contribution in [3.8, 4) is 23.0 Å². The molecule has 0 aliphatic heterocycles. The van der Waals surface area contributed by atoms with Crippen LogP contribution >= 0.6 is 15.9 Å². The Kier molecular flexibility index (Phi) is 8.06. The van der Waals surface area contributed by atoms with Crippen molar-refractivity contribution in [1.82, 2.24) is 5.32 Å². The molecule has 2 aromatic rings. The van der Waals surface area contributed by atoms with Crippen LogP contribution in [0.3, 0.4) is 0 Å². The van der Waals surface area contributed by atoms with Crippen LogP contribution in [-0.4, -0.2) is 34.5 Å². The summed E-state index contributed by atoms with van der Waals surface area (Å²) < 4.78 is 22.6. The van der Waals surface area contributed by atoms with Crippen molar-refractivity contribution in [3.05, 3.63) is 45.9 Å². The van der Waals surface area contributed by atoms with Crippen molar-refractivity contribution in [2.45, 2.75) is 19.9 Å². The van der Waals surface area contributed by atoms with Crippen LogP contribution in [0.15, 0.2) is 34.8 Å². The minimum absolute atomic E-state index is 0.595. The molecule has 5 nitrogen and oxygen atoms in total. The monoisotopic (exact) mass is 423 g/mol. The van der Waals surface area contributed by atoms with Gasteiger partial charge < -0.3 is 24.3 Å². The topological polar surface area (TPSA) is 49.0 Å².